The van der Waals surface area contributed by atoms with Crippen LogP contribution in [0.4, 0.5) is 0 Å². The Hall–Kier alpha value is -2.37. The van der Waals surface area contributed by atoms with E-state index in [0.29, 0.717) is 0 Å². The van der Waals surface area contributed by atoms with Crippen molar-refractivity contribution in [3.63, 3.8) is 0 Å². The van der Waals surface area contributed by atoms with Gasteiger partial charge in [0, 0.05) is 30.5 Å². The minimum Gasteiger partial charge on any atom is -0.328 e. The molecule has 0 unspecified atom stereocenters. The highest BCUT2D eigenvalue weighted by atomic mass is 15.3. The third-order valence-corrected chi connectivity index (χ3v) is 3.89. The fraction of sp³-hybridized carbons (Fsp3) is 0.438. The average Bonchev–Trinajstić information content (AvgIpc) is 3.18. The van der Waals surface area contributed by atoms with Crippen molar-refractivity contribution in [1.82, 2.24) is 29.1 Å². The zero-order valence-corrected chi connectivity index (χ0v) is 13.6. The van der Waals surface area contributed by atoms with Crippen LogP contribution in [-0.2, 0) is 13.1 Å². The maximum Gasteiger partial charge on any atom is 0.0951 e. The van der Waals surface area contributed by atoms with Crippen LogP contribution in [0.25, 0.3) is 11.3 Å². The van der Waals surface area contributed by atoms with E-state index in [-0.39, 0.29) is 6.04 Å². The van der Waals surface area contributed by atoms with Crippen LogP contribution in [0, 0.1) is 13.8 Å². The van der Waals surface area contributed by atoms with Crippen molar-refractivity contribution in [2.45, 2.75) is 46.8 Å². The highest BCUT2D eigenvalue weighted by Crippen LogP contribution is 2.21. The van der Waals surface area contributed by atoms with Gasteiger partial charge >= 0.3 is 0 Å². The van der Waals surface area contributed by atoms with Crippen LogP contribution >= 0.6 is 0 Å². The van der Waals surface area contributed by atoms with E-state index in [0.717, 1.165) is 30.0 Å². The van der Waals surface area contributed by atoms with Crippen LogP contribution in [0.1, 0.15) is 31.3 Å². The third-order valence-electron chi connectivity index (χ3n) is 3.89. The van der Waals surface area contributed by atoms with Gasteiger partial charge in [0.25, 0.3) is 0 Å². The predicted octanol–water partition coefficient (Wildman–Crippen LogP) is 2.84. The second-order valence-corrected chi connectivity index (χ2v) is 5.74. The summed E-state index contributed by atoms with van der Waals surface area (Å²) in [4.78, 5) is 4.30. The number of rotatable bonds is 5. The Labute approximate surface area is 130 Å². The molecule has 0 N–H and O–H groups in total. The Morgan fingerprint density at radius 2 is 2.05 bits per heavy atom. The van der Waals surface area contributed by atoms with E-state index in [1.807, 2.05) is 30.3 Å². The molecule has 22 heavy (non-hydrogen) atoms. The quantitative estimate of drug-likeness (QED) is 0.728. The summed E-state index contributed by atoms with van der Waals surface area (Å²) in [6.07, 6.45) is 7.72. The molecule has 0 amide bonds. The lowest BCUT2D eigenvalue weighted by atomic mass is 10.2. The molecule has 0 fully saturated rings. The van der Waals surface area contributed by atoms with Gasteiger partial charge < -0.3 is 4.57 Å². The summed E-state index contributed by atoms with van der Waals surface area (Å²) in [6.45, 7) is 10.1. The maximum atomic E-state index is 4.58. The molecule has 6 nitrogen and oxygen atoms in total. The van der Waals surface area contributed by atoms with E-state index in [4.69, 9.17) is 0 Å². The van der Waals surface area contributed by atoms with Gasteiger partial charge in [-0.05, 0) is 33.8 Å². The molecule has 0 aliphatic carbocycles. The Kier molecular flexibility index (Phi) is 3.83. The molecule has 0 radical (unpaired) electrons. The van der Waals surface area contributed by atoms with E-state index in [1.165, 1.54) is 5.69 Å². The number of nitrogens with zero attached hydrogens (tertiary/aromatic N) is 6. The second kappa shape index (κ2) is 5.79. The number of imidazole rings is 1. The highest BCUT2D eigenvalue weighted by molar-refractivity contribution is 5.56. The van der Waals surface area contributed by atoms with Crippen LogP contribution < -0.4 is 0 Å². The first-order valence-electron chi connectivity index (χ1n) is 7.64. The standard InChI is InChI=1S/C16H22N6/c1-5-21-10-15(7-18-21)16-8-17-11-20(16)9-14(4)22-13(3)6-12(2)19-22/h6-8,10-11,14H,5,9H2,1-4H3/t14-/m0/s1. The van der Waals surface area contributed by atoms with Crippen molar-refractivity contribution in [1.29, 1.82) is 0 Å². The molecule has 0 aliphatic heterocycles. The van der Waals surface area contributed by atoms with Crippen molar-refractivity contribution < 1.29 is 0 Å². The van der Waals surface area contributed by atoms with Gasteiger partial charge in [-0.2, -0.15) is 10.2 Å². The molecule has 0 saturated heterocycles. The fourth-order valence-corrected chi connectivity index (χ4v) is 2.83. The van der Waals surface area contributed by atoms with Gasteiger partial charge in [0.15, 0.2) is 0 Å². The number of hydrogen-bond donors (Lipinski definition) is 0. The summed E-state index contributed by atoms with van der Waals surface area (Å²) in [5, 5.41) is 8.92. The Morgan fingerprint density at radius 3 is 2.68 bits per heavy atom. The van der Waals surface area contributed by atoms with Crippen molar-refractivity contribution in [3.8, 4) is 11.3 Å². The van der Waals surface area contributed by atoms with E-state index >= 15 is 0 Å². The molecule has 3 heterocycles. The molecule has 3 aromatic rings. The van der Waals surface area contributed by atoms with Gasteiger partial charge in [0.05, 0.1) is 36.2 Å². The molecule has 0 bridgehead atoms. The minimum absolute atomic E-state index is 0.267. The Balaban J connectivity index is 1.84. The van der Waals surface area contributed by atoms with E-state index in [9.17, 15) is 0 Å². The van der Waals surface area contributed by atoms with Crippen LogP contribution in [0.5, 0.6) is 0 Å². The first-order chi connectivity index (χ1) is 10.6. The summed E-state index contributed by atoms with van der Waals surface area (Å²) in [6, 6.07) is 2.37. The Morgan fingerprint density at radius 1 is 1.23 bits per heavy atom. The van der Waals surface area contributed by atoms with Gasteiger partial charge in [-0.3, -0.25) is 9.36 Å². The maximum absolute atomic E-state index is 4.58. The summed E-state index contributed by atoms with van der Waals surface area (Å²) >= 11 is 0. The predicted molar refractivity (Wildman–Crippen MR) is 85.5 cm³/mol. The summed E-state index contributed by atoms with van der Waals surface area (Å²) < 4.78 is 6.17. The molecule has 1 atom stereocenters. The van der Waals surface area contributed by atoms with Crippen molar-refractivity contribution in [3.05, 3.63) is 42.4 Å². The summed E-state index contributed by atoms with van der Waals surface area (Å²) in [5.74, 6) is 0. The zero-order chi connectivity index (χ0) is 15.7. The summed E-state index contributed by atoms with van der Waals surface area (Å²) in [7, 11) is 0. The van der Waals surface area contributed by atoms with Crippen molar-refractivity contribution >= 4 is 0 Å². The molecule has 0 spiro atoms. The molecule has 3 aromatic heterocycles. The van der Waals surface area contributed by atoms with Crippen molar-refractivity contribution in [2.24, 2.45) is 0 Å². The van der Waals surface area contributed by atoms with E-state index < -0.39 is 0 Å². The van der Waals surface area contributed by atoms with Crippen molar-refractivity contribution in [2.75, 3.05) is 0 Å². The first-order valence-corrected chi connectivity index (χ1v) is 7.64. The normalized spacial score (nSPS) is 12.7. The lowest BCUT2D eigenvalue weighted by molar-refractivity contribution is 0.418. The van der Waals surface area contributed by atoms with Crippen LogP contribution in [-0.4, -0.2) is 29.1 Å². The minimum atomic E-state index is 0.267. The Bertz CT molecular complexity index is 763. The lowest BCUT2D eigenvalue weighted by Crippen LogP contribution is -2.15. The van der Waals surface area contributed by atoms with Gasteiger partial charge in [-0.15, -0.1) is 0 Å². The fourth-order valence-electron chi connectivity index (χ4n) is 2.83. The first kappa shape index (κ1) is 14.6. The number of aromatic nitrogens is 6. The number of aryl methyl sites for hydroxylation is 3. The molecular formula is C16H22N6. The molecule has 0 saturated carbocycles. The molecular weight excluding hydrogens is 276 g/mol. The van der Waals surface area contributed by atoms with Gasteiger partial charge in [0.2, 0.25) is 0 Å². The third kappa shape index (κ3) is 2.68. The molecule has 0 aromatic carbocycles. The number of hydrogen-bond acceptors (Lipinski definition) is 3. The van der Waals surface area contributed by atoms with Crippen LogP contribution in [0.3, 0.4) is 0 Å². The van der Waals surface area contributed by atoms with Crippen LogP contribution in [0.15, 0.2) is 31.0 Å². The second-order valence-electron chi connectivity index (χ2n) is 5.74. The van der Waals surface area contributed by atoms with E-state index in [1.54, 1.807) is 0 Å². The highest BCUT2D eigenvalue weighted by Gasteiger charge is 2.13. The van der Waals surface area contributed by atoms with Crippen LogP contribution in [0.2, 0.25) is 0 Å². The summed E-state index contributed by atoms with van der Waals surface area (Å²) in [5.41, 5.74) is 4.43. The lowest BCUT2D eigenvalue weighted by Gasteiger charge is -2.16. The SMILES string of the molecule is CCn1cc(-c2cncn2C[C@H](C)n2nc(C)cc2C)cn1. The van der Waals surface area contributed by atoms with E-state index in [2.05, 4.69) is 57.5 Å². The largest absolute Gasteiger partial charge is 0.328 e. The smallest absolute Gasteiger partial charge is 0.0951 e. The zero-order valence-electron chi connectivity index (χ0n) is 13.6. The molecule has 0 aliphatic rings. The molecule has 116 valence electrons. The molecule has 3 rings (SSSR count). The van der Waals surface area contributed by atoms with Gasteiger partial charge in [-0.1, -0.05) is 0 Å². The molecule has 6 heteroatoms. The van der Waals surface area contributed by atoms with Gasteiger partial charge in [0.1, 0.15) is 0 Å². The average molecular weight is 298 g/mol. The monoisotopic (exact) mass is 298 g/mol. The van der Waals surface area contributed by atoms with Gasteiger partial charge in [-0.25, -0.2) is 4.98 Å². The topological polar surface area (TPSA) is 53.5 Å².